The molecule has 1 saturated carbocycles. The van der Waals surface area contributed by atoms with Gasteiger partial charge in [0, 0.05) is 6.04 Å². The third-order valence-electron chi connectivity index (χ3n) is 4.94. The van der Waals surface area contributed by atoms with E-state index in [2.05, 4.69) is 26.1 Å². The lowest BCUT2D eigenvalue weighted by atomic mass is 9.93. The summed E-state index contributed by atoms with van der Waals surface area (Å²) in [6.07, 6.45) is 14.2. The summed E-state index contributed by atoms with van der Waals surface area (Å²) in [5.41, 5.74) is 0. The molecule has 1 rings (SSSR count). The Balaban J connectivity index is 1.92. The van der Waals surface area contributed by atoms with Gasteiger partial charge >= 0.3 is 0 Å². The van der Waals surface area contributed by atoms with Crippen LogP contribution in [0.3, 0.4) is 0 Å². The summed E-state index contributed by atoms with van der Waals surface area (Å²) >= 11 is 0. The average molecular weight is 253 g/mol. The molecule has 1 nitrogen and oxygen atoms in total. The van der Waals surface area contributed by atoms with Crippen LogP contribution >= 0.6 is 0 Å². The van der Waals surface area contributed by atoms with E-state index in [9.17, 15) is 0 Å². The number of hydrogen-bond acceptors (Lipinski definition) is 1. The molecule has 108 valence electrons. The highest BCUT2D eigenvalue weighted by molar-refractivity contribution is 4.86. The Bertz CT molecular complexity index is 190. The lowest BCUT2D eigenvalue weighted by Gasteiger charge is -2.21. The van der Waals surface area contributed by atoms with E-state index in [0.29, 0.717) is 0 Å². The maximum absolute atomic E-state index is 3.80. The van der Waals surface area contributed by atoms with Crippen LogP contribution in [0.1, 0.15) is 85.0 Å². The van der Waals surface area contributed by atoms with Crippen molar-refractivity contribution in [2.45, 2.75) is 91.0 Å². The summed E-state index contributed by atoms with van der Waals surface area (Å²) in [5.74, 6) is 1.89. The fourth-order valence-corrected chi connectivity index (χ4v) is 3.48. The molecule has 1 heteroatoms. The second-order valence-electron chi connectivity index (χ2n) is 6.29. The number of nitrogens with one attached hydrogen (secondary N) is 1. The molecule has 3 unspecified atom stereocenters. The molecule has 18 heavy (non-hydrogen) atoms. The maximum Gasteiger partial charge on any atom is 0.00954 e. The quantitative estimate of drug-likeness (QED) is 0.531. The molecule has 0 aromatic carbocycles. The first-order valence-corrected chi connectivity index (χ1v) is 8.53. The van der Waals surface area contributed by atoms with Crippen molar-refractivity contribution in [1.82, 2.24) is 5.32 Å². The van der Waals surface area contributed by atoms with Gasteiger partial charge < -0.3 is 5.32 Å². The van der Waals surface area contributed by atoms with Crippen LogP contribution < -0.4 is 5.32 Å². The monoisotopic (exact) mass is 253 g/mol. The zero-order valence-corrected chi connectivity index (χ0v) is 13.0. The van der Waals surface area contributed by atoms with Crippen LogP contribution in [-0.2, 0) is 0 Å². The van der Waals surface area contributed by atoms with E-state index in [-0.39, 0.29) is 0 Å². The van der Waals surface area contributed by atoms with E-state index in [0.717, 1.165) is 17.9 Å². The van der Waals surface area contributed by atoms with Crippen molar-refractivity contribution in [3.8, 4) is 0 Å². The second-order valence-corrected chi connectivity index (χ2v) is 6.29. The predicted octanol–water partition coefficient (Wildman–Crippen LogP) is 5.15. The van der Waals surface area contributed by atoms with Crippen molar-refractivity contribution >= 4 is 0 Å². The summed E-state index contributed by atoms with van der Waals surface area (Å²) in [7, 11) is 0. The molecule has 1 aliphatic rings. The smallest absolute Gasteiger partial charge is 0.00954 e. The second kappa shape index (κ2) is 9.83. The van der Waals surface area contributed by atoms with E-state index in [1.807, 2.05) is 0 Å². The molecular weight excluding hydrogens is 218 g/mol. The molecular formula is C17H35N. The topological polar surface area (TPSA) is 12.0 Å². The minimum Gasteiger partial charge on any atom is -0.314 e. The first-order valence-electron chi connectivity index (χ1n) is 8.53. The van der Waals surface area contributed by atoms with Gasteiger partial charge in [-0.2, -0.15) is 0 Å². The zero-order valence-electron chi connectivity index (χ0n) is 13.0. The van der Waals surface area contributed by atoms with E-state index in [1.54, 1.807) is 0 Å². The zero-order chi connectivity index (χ0) is 13.2. The van der Waals surface area contributed by atoms with Gasteiger partial charge in [-0.05, 0) is 37.6 Å². The van der Waals surface area contributed by atoms with Gasteiger partial charge in [-0.25, -0.2) is 0 Å². The molecule has 0 heterocycles. The Morgan fingerprint density at radius 2 is 1.56 bits per heavy atom. The van der Waals surface area contributed by atoms with Crippen LogP contribution in [0.25, 0.3) is 0 Å². The molecule has 1 fully saturated rings. The number of rotatable bonds is 10. The molecule has 3 atom stereocenters. The van der Waals surface area contributed by atoms with Crippen LogP contribution in [0.4, 0.5) is 0 Å². The molecule has 0 bridgehead atoms. The molecule has 0 saturated heterocycles. The standard InChI is InChI=1S/C17H35N/c1-4-6-7-8-9-10-11-14-18-17-13-12-16(5-2)15(17)3/h15-18H,4-14H2,1-3H3. The van der Waals surface area contributed by atoms with Crippen LogP contribution in [0.5, 0.6) is 0 Å². The molecule has 0 radical (unpaired) electrons. The highest BCUT2D eigenvalue weighted by Gasteiger charge is 2.30. The predicted molar refractivity (Wildman–Crippen MR) is 82.0 cm³/mol. The lowest BCUT2D eigenvalue weighted by Crippen LogP contribution is -2.33. The van der Waals surface area contributed by atoms with Crippen LogP contribution in [0.2, 0.25) is 0 Å². The van der Waals surface area contributed by atoms with E-state index < -0.39 is 0 Å². The summed E-state index contributed by atoms with van der Waals surface area (Å²) in [5, 5.41) is 3.80. The van der Waals surface area contributed by atoms with Gasteiger partial charge in [0.25, 0.3) is 0 Å². The largest absolute Gasteiger partial charge is 0.314 e. The SMILES string of the molecule is CCCCCCCCCNC1CCC(CC)C1C. The van der Waals surface area contributed by atoms with Crippen molar-refractivity contribution in [2.75, 3.05) is 6.54 Å². The van der Waals surface area contributed by atoms with Crippen molar-refractivity contribution in [2.24, 2.45) is 11.8 Å². The Morgan fingerprint density at radius 1 is 0.889 bits per heavy atom. The third kappa shape index (κ3) is 5.73. The number of hydrogen-bond donors (Lipinski definition) is 1. The first kappa shape index (κ1) is 16.0. The molecule has 1 aliphatic carbocycles. The fourth-order valence-electron chi connectivity index (χ4n) is 3.48. The average Bonchev–Trinajstić information content (AvgIpc) is 2.73. The minimum absolute atomic E-state index is 0.815. The Kier molecular flexibility index (Phi) is 8.75. The summed E-state index contributed by atoms with van der Waals surface area (Å²) < 4.78 is 0. The van der Waals surface area contributed by atoms with Crippen LogP contribution in [0, 0.1) is 11.8 Å². The summed E-state index contributed by atoms with van der Waals surface area (Å²) in [6.45, 7) is 8.33. The van der Waals surface area contributed by atoms with Crippen molar-refractivity contribution < 1.29 is 0 Å². The molecule has 0 aromatic heterocycles. The van der Waals surface area contributed by atoms with E-state index in [1.165, 1.54) is 70.8 Å². The lowest BCUT2D eigenvalue weighted by molar-refractivity contribution is 0.343. The molecule has 1 N–H and O–H groups in total. The van der Waals surface area contributed by atoms with Gasteiger partial charge in [-0.15, -0.1) is 0 Å². The van der Waals surface area contributed by atoms with Crippen LogP contribution in [-0.4, -0.2) is 12.6 Å². The van der Waals surface area contributed by atoms with Gasteiger partial charge in [-0.3, -0.25) is 0 Å². The van der Waals surface area contributed by atoms with Crippen LogP contribution in [0.15, 0.2) is 0 Å². The number of unbranched alkanes of at least 4 members (excludes halogenated alkanes) is 6. The van der Waals surface area contributed by atoms with E-state index in [4.69, 9.17) is 0 Å². The van der Waals surface area contributed by atoms with Crippen molar-refractivity contribution in [3.63, 3.8) is 0 Å². The Hall–Kier alpha value is -0.0400. The van der Waals surface area contributed by atoms with Gasteiger partial charge in [0.2, 0.25) is 0 Å². The highest BCUT2D eigenvalue weighted by atomic mass is 14.9. The fraction of sp³-hybridized carbons (Fsp3) is 1.00. The summed E-state index contributed by atoms with van der Waals surface area (Å²) in [4.78, 5) is 0. The van der Waals surface area contributed by atoms with E-state index >= 15 is 0 Å². The van der Waals surface area contributed by atoms with Gasteiger partial charge in [0.15, 0.2) is 0 Å². The Morgan fingerprint density at radius 3 is 2.17 bits per heavy atom. The molecule has 0 spiro atoms. The first-order chi connectivity index (χ1) is 8.79. The maximum atomic E-state index is 3.80. The Labute approximate surface area is 115 Å². The molecule has 0 amide bonds. The van der Waals surface area contributed by atoms with Gasteiger partial charge in [-0.1, -0.05) is 65.7 Å². The molecule has 0 aromatic rings. The molecule has 0 aliphatic heterocycles. The van der Waals surface area contributed by atoms with Crippen molar-refractivity contribution in [3.05, 3.63) is 0 Å². The minimum atomic E-state index is 0.815. The third-order valence-corrected chi connectivity index (χ3v) is 4.94. The summed E-state index contributed by atoms with van der Waals surface area (Å²) in [6, 6.07) is 0.815. The van der Waals surface area contributed by atoms with Crippen molar-refractivity contribution in [1.29, 1.82) is 0 Å². The van der Waals surface area contributed by atoms with Gasteiger partial charge in [0.05, 0.1) is 0 Å². The highest BCUT2D eigenvalue weighted by Crippen LogP contribution is 2.33. The van der Waals surface area contributed by atoms with Gasteiger partial charge in [0.1, 0.15) is 0 Å². The normalized spacial score (nSPS) is 27.8.